The summed E-state index contributed by atoms with van der Waals surface area (Å²) in [7, 11) is 0. The molecule has 0 atom stereocenters. The van der Waals surface area contributed by atoms with Crippen LogP contribution in [-0.2, 0) is 0 Å². The molecule has 7 nitrogen and oxygen atoms in total. The molecule has 1 aromatic carbocycles. The Bertz CT molecular complexity index is 664. The van der Waals surface area contributed by atoms with E-state index in [1.807, 2.05) is 30.3 Å². The molecule has 1 aromatic heterocycles. The summed E-state index contributed by atoms with van der Waals surface area (Å²) >= 11 is 0. The van der Waals surface area contributed by atoms with Crippen molar-refractivity contribution in [1.82, 2.24) is 20.3 Å². The molecule has 0 unspecified atom stereocenters. The molecule has 2 N–H and O–H groups in total. The third kappa shape index (κ3) is 3.41. The molecule has 7 heteroatoms. The molecular formula is C17H23N7. The third-order valence-corrected chi connectivity index (χ3v) is 4.43. The Morgan fingerprint density at radius 2 is 1.42 bits per heavy atom. The number of nitrogens with zero attached hydrogens (tertiary/aromatic N) is 5. The van der Waals surface area contributed by atoms with Gasteiger partial charge in [-0.2, -0.15) is 15.0 Å². The van der Waals surface area contributed by atoms with Crippen LogP contribution in [0.1, 0.15) is 12.8 Å². The summed E-state index contributed by atoms with van der Waals surface area (Å²) in [6, 6.07) is 10.0. The van der Waals surface area contributed by atoms with Crippen LogP contribution in [0.5, 0.6) is 0 Å². The molecule has 0 spiro atoms. The Kier molecular flexibility index (Phi) is 4.42. The van der Waals surface area contributed by atoms with Crippen LogP contribution in [0.2, 0.25) is 0 Å². The first-order valence-corrected chi connectivity index (χ1v) is 8.67. The fourth-order valence-corrected chi connectivity index (χ4v) is 3.13. The maximum Gasteiger partial charge on any atom is 0.233 e. The van der Waals surface area contributed by atoms with Crippen LogP contribution in [0.4, 0.5) is 23.5 Å². The van der Waals surface area contributed by atoms with E-state index < -0.39 is 0 Å². The first-order valence-electron chi connectivity index (χ1n) is 8.67. The van der Waals surface area contributed by atoms with E-state index in [1.54, 1.807) is 0 Å². The lowest BCUT2D eigenvalue weighted by Crippen LogP contribution is -2.44. The summed E-state index contributed by atoms with van der Waals surface area (Å²) < 4.78 is 0. The van der Waals surface area contributed by atoms with Crippen molar-refractivity contribution in [2.45, 2.75) is 12.8 Å². The normalized spacial score (nSPS) is 18.0. The van der Waals surface area contributed by atoms with Gasteiger partial charge in [-0.1, -0.05) is 18.2 Å². The molecule has 2 aromatic rings. The third-order valence-electron chi connectivity index (χ3n) is 4.43. The number of benzene rings is 1. The molecule has 0 saturated carbocycles. The van der Waals surface area contributed by atoms with Gasteiger partial charge in [0.05, 0.1) is 0 Å². The highest BCUT2D eigenvalue weighted by atomic mass is 15.4. The molecule has 0 radical (unpaired) electrons. The average molecular weight is 325 g/mol. The van der Waals surface area contributed by atoms with Crippen molar-refractivity contribution in [3.63, 3.8) is 0 Å². The van der Waals surface area contributed by atoms with Gasteiger partial charge in [-0.15, -0.1) is 0 Å². The highest BCUT2D eigenvalue weighted by molar-refractivity contribution is 5.56. The monoisotopic (exact) mass is 325 g/mol. The minimum atomic E-state index is 0.617. The maximum atomic E-state index is 4.74. The highest BCUT2D eigenvalue weighted by Crippen LogP contribution is 2.22. The minimum Gasteiger partial charge on any atom is -0.341 e. The number of rotatable bonds is 4. The molecule has 2 saturated heterocycles. The number of para-hydroxylation sites is 1. The SMILES string of the molecule is c1ccc(Nc2nc(N3CCCC3)nc(N3CCNCC3)n2)cc1. The zero-order valence-electron chi connectivity index (χ0n) is 13.8. The van der Waals surface area contributed by atoms with E-state index in [0.29, 0.717) is 5.95 Å². The van der Waals surface area contributed by atoms with Crippen LogP contribution in [0.3, 0.4) is 0 Å². The van der Waals surface area contributed by atoms with Gasteiger partial charge >= 0.3 is 0 Å². The fourth-order valence-electron chi connectivity index (χ4n) is 3.13. The standard InChI is InChI=1S/C17H23N7/c1-2-6-14(7-3-1)19-15-20-16(23-10-4-5-11-23)22-17(21-15)24-12-8-18-9-13-24/h1-3,6-7,18H,4-5,8-13H2,(H,19,20,21,22). The van der Waals surface area contributed by atoms with Gasteiger partial charge in [0.15, 0.2) is 0 Å². The number of hydrogen-bond acceptors (Lipinski definition) is 7. The predicted octanol–water partition coefficient (Wildman–Crippen LogP) is 1.62. The van der Waals surface area contributed by atoms with E-state index >= 15 is 0 Å². The van der Waals surface area contributed by atoms with E-state index in [9.17, 15) is 0 Å². The van der Waals surface area contributed by atoms with Crippen molar-refractivity contribution in [1.29, 1.82) is 0 Å². The number of aromatic nitrogens is 3. The quantitative estimate of drug-likeness (QED) is 0.885. The summed E-state index contributed by atoms with van der Waals surface area (Å²) in [4.78, 5) is 18.5. The van der Waals surface area contributed by atoms with Crippen molar-refractivity contribution in [3.05, 3.63) is 30.3 Å². The van der Waals surface area contributed by atoms with Gasteiger partial charge in [0.2, 0.25) is 17.8 Å². The number of hydrogen-bond donors (Lipinski definition) is 2. The molecule has 4 rings (SSSR count). The maximum absolute atomic E-state index is 4.74. The van der Waals surface area contributed by atoms with Crippen LogP contribution in [0, 0.1) is 0 Å². The zero-order chi connectivity index (χ0) is 16.2. The van der Waals surface area contributed by atoms with Gasteiger partial charge in [-0.25, -0.2) is 0 Å². The summed E-state index contributed by atoms with van der Waals surface area (Å²) in [6.45, 7) is 5.83. The molecule has 0 amide bonds. The lowest BCUT2D eigenvalue weighted by atomic mass is 10.3. The molecule has 3 heterocycles. The molecule has 0 aliphatic carbocycles. The second-order valence-corrected chi connectivity index (χ2v) is 6.18. The van der Waals surface area contributed by atoms with Crippen molar-refractivity contribution in [2.24, 2.45) is 0 Å². The van der Waals surface area contributed by atoms with E-state index in [2.05, 4.69) is 30.4 Å². The Morgan fingerprint density at radius 3 is 2.08 bits per heavy atom. The van der Waals surface area contributed by atoms with Gasteiger partial charge in [-0.3, -0.25) is 0 Å². The Balaban J connectivity index is 1.64. The van der Waals surface area contributed by atoms with E-state index in [4.69, 9.17) is 4.98 Å². The topological polar surface area (TPSA) is 69.2 Å². The lowest BCUT2D eigenvalue weighted by molar-refractivity contribution is 0.579. The molecular weight excluding hydrogens is 302 g/mol. The van der Waals surface area contributed by atoms with Crippen molar-refractivity contribution in [2.75, 3.05) is 54.4 Å². The van der Waals surface area contributed by atoms with E-state index in [1.165, 1.54) is 12.8 Å². The molecule has 2 fully saturated rings. The average Bonchev–Trinajstić information content (AvgIpc) is 3.18. The van der Waals surface area contributed by atoms with Crippen LogP contribution in [0.25, 0.3) is 0 Å². The first-order chi connectivity index (χ1) is 11.9. The lowest BCUT2D eigenvalue weighted by Gasteiger charge is -2.28. The van der Waals surface area contributed by atoms with Crippen molar-refractivity contribution in [3.8, 4) is 0 Å². The molecule has 2 aliphatic heterocycles. The highest BCUT2D eigenvalue weighted by Gasteiger charge is 2.20. The van der Waals surface area contributed by atoms with Gasteiger partial charge in [-0.05, 0) is 25.0 Å². The molecule has 0 bridgehead atoms. The van der Waals surface area contributed by atoms with Gasteiger partial charge in [0.1, 0.15) is 0 Å². The van der Waals surface area contributed by atoms with Crippen LogP contribution in [-0.4, -0.2) is 54.2 Å². The minimum absolute atomic E-state index is 0.617. The van der Waals surface area contributed by atoms with Gasteiger partial charge < -0.3 is 20.4 Å². The number of anilines is 4. The summed E-state index contributed by atoms with van der Waals surface area (Å²) in [6.07, 6.45) is 2.41. The zero-order valence-corrected chi connectivity index (χ0v) is 13.8. The second-order valence-electron chi connectivity index (χ2n) is 6.18. The van der Waals surface area contributed by atoms with Crippen LogP contribution in [0.15, 0.2) is 30.3 Å². The van der Waals surface area contributed by atoms with Crippen LogP contribution < -0.4 is 20.4 Å². The Labute approximate surface area is 142 Å². The van der Waals surface area contributed by atoms with E-state index in [-0.39, 0.29) is 0 Å². The Morgan fingerprint density at radius 1 is 0.792 bits per heavy atom. The van der Waals surface area contributed by atoms with Gasteiger partial charge in [0, 0.05) is 45.0 Å². The number of nitrogens with one attached hydrogen (secondary N) is 2. The van der Waals surface area contributed by atoms with Crippen molar-refractivity contribution < 1.29 is 0 Å². The molecule has 2 aliphatic rings. The van der Waals surface area contributed by atoms with Crippen LogP contribution >= 0.6 is 0 Å². The van der Waals surface area contributed by atoms with Gasteiger partial charge in [0.25, 0.3) is 0 Å². The first kappa shape index (κ1) is 15.1. The largest absolute Gasteiger partial charge is 0.341 e. The summed E-state index contributed by atoms with van der Waals surface area (Å²) in [5.41, 5.74) is 0.988. The molecule has 24 heavy (non-hydrogen) atoms. The Hall–Kier alpha value is -2.41. The number of piperazine rings is 1. The second kappa shape index (κ2) is 7.00. The molecule has 126 valence electrons. The van der Waals surface area contributed by atoms with Crippen molar-refractivity contribution >= 4 is 23.5 Å². The van der Waals surface area contributed by atoms with E-state index in [0.717, 1.165) is 56.9 Å². The predicted molar refractivity (Wildman–Crippen MR) is 96.1 cm³/mol. The fraction of sp³-hybridized carbons (Fsp3) is 0.471. The smallest absolute Gasteiger partial charge is 0.233 e. The summed E-state index contributed by atoms with van der Waals surface area (Å²) in [5, 5.41) is 6.69. The summed E-state index contributed by atoms with van der Waals surface area (Å²) in [5.74, 6) is 2.17.